The molecule has 3 aromatic rings. The summed E-state index contributed by atoms with van der Waals surface area (Å²) < 4.78 is 1.91. The minimum atomic E-state index is -0.0856. The molecule has 1 fully saturated rings. The molecule has 1 aliphatic heterocycles. The van der Waals surface area contributed by atoms with E-state index in [4.69, 9.17) is 0 Å². The Kier molecular flexibility index (Phi) is 5.26. The van der Waals surface area contributed by atoms with Gasteiger partial charge in [0.2, 0.25) is 5.91 Å². The number of amides is 1. The summed E-state index contributed by atoms with van der Waals surface area (Å²) in [7, 11) is 0. The van der Waals surface area contributed by atoms with Crippen LogP contribution in [-0.2, 0) is 11.3 Å². The van der Waals surface area contributed by atoms with Crippen molar-refractivity contribution in [1.29, 1.82) is 0 Å². The van der Waals surface area contributed by atoms with Crippen LogP contribution in [0.1, 0.15) is 29.8 Å². The van der Waals surface area contributed by atoms with Gasteiger partial charge < -0.3 is 5.32 Å². The molecule has 1 aliphatic rings. The largest absolute Gasteiger partial charge is 0.325 e. The summed E-state index contributed by atoms with van der Waals surface area (Å²) in [6.07, 6.45) is 1.95. The number of aromatic nitrogens is 2. The number of hydrogen-bond donors (Lipinski definition) is 1. The smallest absolute Gasteiger partial charge is 0.241 e. The van der Waals surface area contributed by atoms with Crippen molar-refractivity contribution in [3.05, 3.63) is 77.6 Å². The fraction of sp³-hybridized carbons (Fsp3) is 0.304. The van der Waals surface area contributed by atoms with E-state index in [0.29, 0.717) is 0 Å². The van der Waals surface area contributed by atoms with Gasteiger partial charge in [-0.3, -0.25) is 9.69 Å². The van der Waals surface area contributed by atoms with Gasteiger partial charge in [0.1, 0.15) is 0 Å². The summed E-state index contributed by atoms with van der Waals surface area (Å²) >= 11 is 0. The lowest BCUT2D eigenvalue weighted by atomic mass is 10.1. The van der Waals surface area contributed by atoms with Crippen LogP contribution in [0.3, 0.4) is 0 Å². The van der Waals surface area contributed by atoms with E-state index in [-0.39, 0.29) is 11.9 Å². The molecule has 0 spiro atoms. The Labute approximate surface area is 166 Å². The van der Waals surface area contributed by atoms with Gasteiger partial charge >= 0.3 is 0 Å². The molecular formula is C23H26N4O. The monoisotopic (exact) mass is 374 g/mol. The second kappa shape index (κ2) is 7.98. The van der Waals surface area contributed by atoms with Crippen molar-refractivity contribution in [2.75, 3.05) is 11.9 Å². The molecule has 1 unspecified atom stereocenters. The Bertz CT molecular complexity index is 964. The van der Waals surface area contributed by atoms with Crippen molar-refractivity contribution in [3.8, 4) is 5.69 Å². The maximum Gasteiger partial charge on any atom is 0.241 e. The summed E-state index contributed by atoms with van der Waals surface area (Å²) in [5.74, 6) is 0.0685. The molecule has 1 atom stereocenters. The highest BCUT2D eigenvalue weighted by atomic mass is 16.2. The first-order valence-corrected chi connectivity index (χ1v) is 9.83. The van der Waals surface area contributed by atoms with Crippen molar-refractivity contribution in [2.24, 2.45) is 0 Å². The van der Waals surface area contributed by atoms with Crippen molar-refractivity contribution in [2.45, 2.75) is 39.3 Å². The maximum atomic E-state index is 13.0. The number of hydrogen-bond acceptors (Lipinski definition) is 3. The Morgan fingerprint density at radius 3 is 2.68 bits per heavy atom. The molecule has 28 heavy (non-hydrogen) atoms. The molecule has 4 rings (SSSR count). The van der Waals surface area contributed by atoms with E-state index >= 15 is 0 Å². The highest BCUT2D eigenvalue weighted by molar-refractivity contribution is 5.95. The number of carbonyl (C=O) groups excluding carboxylic acids is 1. The molecular weight excluding hydrogens is 348 g/mol. The molecule has 5 heteroatoms. The number of carbonyl (C=O) groups is 1. The zero-order chi connectivity index (χ0) is 19.5. The highest BCUT2D eigenvalue weighted by Crippen LogP contribution is 2.23. The van der Waals surface area contributed by atoms with Crippen LogP contribution in [-0.4, -0.2) is 33.2 Å². The second-order valence-electron chi connectivity index (χ2n) is 7.49. The minimum absolute atomic E-state index is 0.0685. The standard InChI is InChI=1S/C23H26N4O/c1-17-14-18(2)27(25-17)21-11-6-10-20(15-21)24-23(28)22-12-7-13-26(22)16-19-8-4-3-5-9-19/h3-6,8-11,14-15,22H,7,12-13,16H2,1-2H3,(H,24,28). The van der Waals surface area contributed by atoms with Gasteiger partial charge in [-0.05, 0) is 63.1 Å². The van der Waals surface area contributed by atoms with Crippen LogP contribution in [0.5, 0.6) is 0 Å². The summed E-state index contributed by atoms with van der Waals surface area (Å²) in [4.78, 5) is 15.2. The third kappa shape index (κ3) is 3.99. The zero-order valence-electron chi connectivity index (χ0n) is 16.4. The van der Waals surface area contributed by atoms with E-state index in [1.807, 2.05) is 67.1 Å². The Hall–Kier alpha value is -2.92. The van der Waals surface area contributed by atoms with Gasteiger partial charge in [-0.1, -0.05) is 36.4 Å². The molecule has 1 aromatic heterocycles. The van der Waals surface area contributed by atoms with Crippen LogP contribution in [0, 0.1) is 13.8 Å². The van der Waals surface area contributed by atoms with Crippen LogP contribution in [0.15, 0.2) is 60.7 Å². The maximum absolute atomic E-state index is 13.0. The molecule has 2 heterocycles. The summed E-state index contributed by atoms with van der Waals surface area (Å²) in [5, 5.41) is 7.65. The number of nitrogens with one attached hydrogen (secondary N) is 1. The number of benzene rings is 2. The molecule has 144 valence electrons. The van der Waals surface area contributed by atoms with E-state index in [9.17, 15) is 4.79 Å². The van der Waals surface area contributed by atoms with E-state index in [1.165, 1.54) is 5.56 Å². The summed E-state index contributed by atoms with van der Waals surface area (Å²) in [6, 6.07) is 20.2. The van der Waals surface area contributed by atoms with Crippen molar-refractivity contribution < 1.29 is 4.79 Å². The zero-order valence-corrected chi connectivity index (χ0v) is 16.4. The number of aryl methyl sites for hydroxylation is 2. The van der Waals surface area contributed by atoms with E-state index < -0.39 is 0 Å². The molecule has 1 saturated heterocycles. The predicted octanol–water partition coefficient (Wildman–Crippen LogP) is 4.09. The van der Waals surface area contributed by atoms with Gasteiger partial charge in [0.15, 0.2) is 0 Å². The Morgan fingerprint density at radius 2 is 1.93 bits per heavy atom. The van der Waals surface area contributed by atoms with Gasteiger partial charge in [0.05, 0.1) is 17.4 Å². The molecule has 1 N–H and O–H groups in total. The first-order chi connectivity index (χ1) is 13.6. The van der Waals surface area contributed by atoms with Crippen molar-refractivity contribution in [1.82, 2.24) is 14.7 Å². The first kappa shape index (κ1) is 18.4. The Morgan fingerprint density at radius 1 is 1.11 bits per heavy atom. The third-order valence-electron chi connectivity index (χ3n) is 5.26. The quantitative estimate of drug-likeness (QED) is 0.732. The van der Waals surface area contributed by atoms with Gasteiger partial charge in [-0.15, -0.1) is 0 Å². The normalized spacial score (nSPS) is 17.0. The molecule has 2 aromatic carbocycles. The van der Waals surface area contributed by atoms with E-state index in [1.54, 1.807) is 0 Å². The average Bonchev–Trinajstić information content (AvgIpc) is 3.28. The van der Waals surface area contributed by atoms with Crippen LogP contribution in [0.4, 0.5) is 5.69 Å². The van der Waals surface area contributed by atoms with Gasteiger partial charge in [0, 0.05) is 17.9 Å². The lowest BCUT2D eigenvalue weighted by Crippen LogP contribution is -2.39. The topological polar surface area (TPSA) is 50.2 Å². The second-order valence-corrected chi connectivity index (χ2v) is 7.49. The summed E-state index contributed by atoms with van der Waals surface area (Å²) in [5.41, 5.74) is 5.06. The number of rotatable bonds is 5. The number of anilines is 1. The minimum Gasteiger partial charge on any atom is -0.325 e. The summed E-state index contributed by atoms with van der Waals surface area (Å²) in [6.45, 7) is 5.78. The van der Waals surface area contributed by atoms with Crippen LogP contribution < -0.4 is 5.32 Å². The predicted molar refractivity (Wildman–Crippen MR) is 112 cm³/mol. The molecule has 0 saturated carbocycles. The lowest BCUT2D eigenvalue weighted by Gasteiger charge is -2.23. The van der Waals surface area contributed by atoms with Crippen LogP contribution in [0.2, 0.25) is 0 Å². The van der Waals surface area contributed by atoms with E-state index in [0.717, 1.165) is 48.7 Å². The van der Waals surface area contributed by atoms with Gasteiger partial charge in [0.25, 0.3) is 0 Å². The molecule has 0 aliphatic carbocycles. The molecule has 0 bridgehead atoms. The SMILES string of the molecule is Cc1cc(C)n(-c2cccc(NC(=O)C3CCCN3Cc3ccccc3)c2)n1. The number of nitrogens with zero attached hydrogens (tertiary/aromatic N) is 3. The van der Waals surface area contributed by atoms with E-state index in [2.05, 4.69) is 27.4 Å². The first-order valence-electron chi connectivity index (χ1n) is 9.83. The fourth-order valence-electron chi connectivity index (χ4n) is 3.96. The molecule has 5 nitrogen and oxygen atoms in total. The lowest BCUT2D eigenvalue weighted by molar-refractivity contribution is -0.120. The highest BCUT2D eigenvalue weighted by Gasteiger charge is 2.30. The molecule has 1 amide bonds. The van der Waals surface area contributed by atoms with Gasteiger partial charge in [-0.25, -0.2) is 4.68 Å². The number of likely N-dealkylation sites (tertiary alicyclic amines) is 1. The van der Waals surface area contributed by atoms with Crippen molar-refractivity contribution >= 4 is 11.6 Å². The average molecular weight is 374 g/mol. The third-order valence-corrected chi connectivity index (χ3v) is 5.26. The van der Waals surface area contributed by atoms with Crippen molar-refractivity contribution in [3.63, 3.8) is 0 Å². The van der Waals surface area contributed by atoms with Crippen LogP contribution in [0.25, 0.3) is 5.69 Å². The fourth-order valence-corrected chi connectivity index (χ4v) is 3.96. The van der Waals surface area contributed by atoms with Gasteiger partial charge in [-0.2, -0.15) is 5.10 Å². The van der Waals surface area contributed by atoms with Crippen LogP contribution >= 0.6 is 0 Å². The molecule has 0 radical (unpaired) electrons. The Balaban J connectivity index is 1.47.